The van der Waals surface area contributed by atoms with E-state index < -0.39 is 7.05 Å². The van der Waals surface area contributed by atoms with Gasteiger partial charge < -0.3 is 19.3 Å². The molecular weight excluding hydrogens is 345 g/mol. The molecular formula is C20H26BNO3S. The summed E-state index contributed by atoms with van der Waals surface area (Å²) in [5, 5.41) is 9.78. The minimum absolute atomic E-state index is 0.103. The van der Waals surface area contributed by atoms with Gasteiger partial charge in [0, 0.05) is 23.3 Å². The molecule has 1 saturated heterocycles. The van der Waals surface area contributed by atoms with E-state index >= 15 is 0 Å². The molecule has 2 aromatic rings. The minimum atomic E-state index is -0.423. The molecule has 1 aliphatic rings. The van der Waals surface area contributed by atoms with Crippen LogP contribution in [0.3, 0.4) is 0 Å². The number of hydrogen-bond acceptors (Lipinski definition) is 5. The SMILES string of the molecule is COc1cc(O[C@@H]2CCCN(B(C)O)C2)ccc1SCc1ccccc1. The maximum atomic E-state index is 9.78. The van der Waals surface area contributed by atoms with Crippen LogP contribution in [0.25, 0.3) is 0 Å². The molecule has 0 saturated carbocycles. The van der Waals surface area contributed by atoms with Gasteiger partial charge in [0.2, 0.25) is 0 Å². The van der Waals surface area contributed by atoms with Crippen molar-refractivity contribution in [2.24, 2.45) is 0 Å². The summed E-state index contributed by atoms with van der Waals surface area (Å²) in [6.45, 7) is 3.49. The number of hydrogen-bond donors (Lipinski definition) is 1. The van der Waals surface area contributed by atoms with Crippen molar-refractivity contribution in [1.29, 1.82) is 0 Å². The van der Waals surface area contributed by atoms with Crippen LogP contribution in [0.2, 0.25) is 6.82 Å². The molecule has 1 atom stereocenters. The normalized spacial score (nSPS) is 17.7. The Balaban J connectivity index is 1.62. The highest BCUT2D eigenvalue weighted by Crippen LogP contribution is 2.35. The highest BCUT2D eigenvalue weighted by atomic mass is 32.2. The third-order valence-electron chi connectivity index (χ3n) is 4.61. The Morgan fingerprint density at radius 3 is 2.77 bits per heavy atom. The third-order valence-corrected chi connectivity index (χ3v) is 5.74. The molecule has 0 aliphatic carbocycles. The maximum Gasteiger partial charge on any atom is 0.376 e. The standard InChI is InChI=1S/C20H26BNO3S/c1-21(23)22-12-6-9-18(14-22)25-17-10-11-20(19(13-17)24-2)26-15-16-7-4-3-5-8-16/h3-5,7-8,10-11,13,18,23H,6,9,12,14-15H2,1-2H3/t18-/m1/s1. The Hall–Kier alpha value is -1.63. The van der Waals surface area contributed by atoms with Gasteiger partial charge in [-0.3, -0.25) is 0 Å². The van der Waals surface area contributed by atoms with Crippen molar-refractivity contribution >= 4 is 18.8 Å². The van der Waals surface area contributed by atoms with Gasteiger partial charge in [0.05, 0.1) is 7.11 Å². The average molecular weight is 371 g/mol. The molecule has 2 aromatic carbocycles. The number of piperidine rings is 1. The van der Waals surface area contributed by atoms with Gasteiger partial charge in [-0.1, -0.05) is 30.3 Å². The first-order chi connectivity index (χ1) is 12.7. The molecule has 3 rings (SSSR count). The summed E-state index contributed by atoms with van der Waals surface area (Å²) in [6.07, 6.45) is 2.15. The van der Waals surface area contributed by atoms with E-state index in [2.05, 4.69) is 35.1 Å². The third kappa shape index (κ3) is 5.19. The molecule has 1 heterocycles. The lowest BCUT2D eigenvalue weighted by Gasteiger charge is -2.33. The van der Waals surface area contributed by atoms with Gasteiger partial charge in [0.25, 0.3) is 0 Å². The summed E-state index contributed by atoms with van der Waals surface area (Å²) in [5.41, 5.74) is 1.29. The second-order valence-corrected chi connectivity index (χ2v) is 7.61. The molecule has 0 spiro atoms. The van der Waals surface area contributed by atoms with Crippen LogP contribution in [-0.4, -0.2) is 43.2 Å². The maximum absolute atomic E-state index is 9.78. The Morgan fingerprint density at radius 2 is 2.04 bits per heavy atom. The summed E-state index contributed by atoms with van der Waals surface area (Å²) < 4.78 is 11.7. The molecule has 138 valence electrons. The average Bonchev–Trinajstić information content (AvgIpc) is 2.68. The second-order valence-electron chi connectivity index (χ2n) is 6.60. The van der Waals surface area contributed by atoms with E-state index in [1.165, 1.54) is 5.56 Å². The van der Waals surface area contributed by atoms with E-state index in [1.807, 2.05) is 25.0 Å². The molecule has 0 bridgehead atoms. The van der Waals surface area contributed by atoms with Gasteiger partial charge in [0.15, 0.2) is 0 Å². The Morgan fingerprint density at radius 1 is 1.23 bits per heavy atom. The first kappa shape index (κ1) is 19.1. The lowest BCUT2D eigenvalue weighted by molar-refractivity contribution is 0.121. The van der Waals surface area contributed by atoms with Crippen LogP contribution < -0.4 is 9.47 Å². The largest absolute Gasteiger partial charge is 0.495 e. The molecule has 1 aliphatic heterocycles. The second kappa shape index (κ2) is 9.35. The van der Waals surface area contributed by atoms with Crippen molar-refractivity contribution in [1.82, 2.24) is 4.81 Å². The summed E-state index contributed by atoms with van der Waals surface area (Å²) in [5.74, 6) is 2.57. The van der Waals surface area contributed by atoms with Crippen molar-refractivity contribution in [3.05, 3.63) is 54.1 Å². The number of thioether (sulfide) groups is 1. The molecule has 6 heteroatoms. The van der Waals surface area contributed by atoms with Crippen molar-refractivity contribution in [3.8, 4) is 11.5 Å². The summed E-state index contributed by atoms with van der Waals surface area (Å²) >= 11 is 1.76. The number of ether oxygens (including phenoxy) is 2. The molecule has 0 radical (unpaired) electrons. The fraction of sp³-hybridized carbons (Fsp3) is 0.400. The van der Waals surface area contributed by atoms with Crippen LogP contribution in [0.5, 0.6) is 11.5 Å². The van der Waals surface area contributed by atoms with Crippen LogP contribution in [0, 0.1) is 0 Å². The molecule has 0 aromatic heterocycles. The van der Waals surface area contributed by atoms with E-state index in [1.54, 1.807) is 18.9 Å². The lowest BCUT2D eigenvalue weighted by atomic mass is 9.82. The first-order valence-corrected chi connectivity index (χ1v) is 10.1. The van der Waals surface area contributed by atoms with Crippen LogP contribution in [0.15, 0.2) is 53.4 Å². The molecule has 0 amide bonds. The van der Waals surface area contributed by atoms with Gasteiger partial charge >= 0.3 is 7.05 Å². The topological polar surface area (TPSA) is 41.9 Å². The number of nitrogens with zero attached hydrogens (tertiary/aromatic N) is 1. The summed E-state index contributed by atoms with van der Waals surface area (Å²) in [7, 11) is 1.27. The summed E-state index contributed by atoms with van der Waals surface area (Å²) in [6, 6.07) is 16.5. The molecule has 1 fully saturated rings. The van der Waals surface area contributed by atoms with Crippen molar-refractivity contribution in [3.63, 3.8) is 0 Å². The van der Waals surface area contributed by atoms with Crippen molar-refractivity contribution in [2.45, 2.75) is 36.4 Å². The van der Waals surface area contributed by atoms with Crippen LogP contribution in [0.1, 0.15) is 18.4 Å². The predicted octanol–water partition coefficient (Wildman–Crippen LogP) is 3.94. The zero-order chi connectivity index (χ0) is 18.4. The molecule has 4 nitrogen and oxygen atoms in total. The Labute approximate surface area is 160 Å². The van der Waals surface area contributed by atoms with Crippen LogP contribution >= 0.6 is 11.8 Å². The molecule has 26 heavy (non-hydrogen) atoms. The fourth-order valence-electron chi connectivity index (χ4n) is 3.17. The number of methoxy groups -OCH3 is 1. The van der Waals surface area contributed by atoms with Gasteiger partial charge in [-0.15, -0.1) is 11.8 Å². The van der Waals surface area contributed by atoms with Gasteiger partial charge in [-0.2, -0.15) is 0 Å². The first-order valence-electron chi connectivity index (χ1n) is 9.09. The predicted molar refractivity (Wildman–Crippen MR) is 108 cm³/mol. The summed E-state index contributed by atoms with van der Waals surface area (Å²) in [4.78, 5) is 3.16. The highest BCUT2D eigenvalue weighted by Gasteiger charge is 2.26. The highest BCUT2D eigenvalue weighted by molar-refractivity contribution is 7.98. The zero-order valence-electron chi connectivity index (χ0n) is 15.4. The fourth-order valence-corrected chi connectivity index (χ4v) is 4.13. The van der Waals surface area contributed by atoms with Crippen LogP contribution in [0.4, 0.5) is 0 Å². The zero-order valence-corrected chi connectivity index (χ0v) is 16.2. The van der Waals surface area contributed by atoms with Crippen LogP contribution in [-0.2, 0) is 5.75 Å². The minimum Gasteiger partial charge on any atom is -0.495 e. The lowest BCUT2D eigenvalue weighted by Crippen LogP contribution is -2.47. The molecule has 0 unspecified atom stereocenters. The van der Waals surface area contributed by atoms with E-state index in [-0.39, 0.29) is 6.10 Å². The van der Waals surface area contributed by atoms with Gasteiger partial charge in [-0.25, -0.2) is 0 Å². The van der Waals surface area contributed by atoms with Gasteiger partial charge in [-0.05, 0) is 43.9 Å². The monoisotopic (exact) mass is 371 g/mol. The van der Waals surface area contributed by atoms with Gasteiger partial charge in [0.1, 0.15) is 17.6 Å². The van der Waals surface area contributed by atoms with Crippen molar-refractivity contribution in [2.75, 3.05) is 20.2 Å². The quantitative estimate of drug-likeness (QED) is 0.590. The van der Waals surface area contributed by atoms with E-state index in [9.17, 15) is 5.02 Å². The van der Waals surface area contributed by atoms with E-state index in [0.717, 1.165) is 48.1 Å². The Bertz CT molecular complexity index is 699. The molecule has 1 N–H and O–H groups in total. The number of benzene rings is 2. The van der Waals surface area contributed by atoms with E-state index in [0.29, 0.717) is 0 Å². The number of rotatable bonds is 7. The Kier molecular flexibility index (Phi) is 6.89. The van der Waals surface area contributed by atoms with E-state index in [4.69, 9.17) is 9.47 Å². The van der Waals surface area contributed by atoms with Crippen molar-refractivity contribution < 1.29 is 14.5 Å². The smallest absolute Gasteiger partial charge is 0.376 e.